The highest BCUT2D eigenvalue weighted by molar-refractivity contribution is 5.81. The molecule has 0 amide bonds. The Bertz CT molecular complexity index is 383. The van der Waals surface area contributed by atoms with Gasteiger partial charge in [0, 0.05) is 6.21 Å². The molecule has 0 radical (unpaired) electrons. The fraction of sp³-hybridized carbons (Fsp3) is 0.429. The molecule has 19 heavy (non-hydrogen) atoms. The molecule has 0 spiro atoms. The summed E-state index contributed by atoms with van der Waals surface area (Å²) in [7, 11) is 0. The van der Waals surface area contributed by atoms with E-state index in [1.54, 1.807) is 30.5 Å². The van der Waals surface area contributed by atoms with Crippen LogP contribution in [0.25, 0.3) is 6.08 Å². The van der Waals surface area contributed by atoms with Crippen LogP contribution < -0.4 is 5.73 Å². The number of carboxylic acid groups (broad SMARTS) is 1. The van der Waals surface area contributed by atoms with Crippen LogP contribution in [0.2, 0.25) is 0 Å². The van der Waals surface area contributed by atoms with E-state index in [9.17, 15) is 4.79 Å². The topological polar surface area (TPSA) is 88.8 Å². The summed E-state index contributed by atoms with van der Waals surface area (Å²) >= 11 is 0. The lowest BCUT2D eigenvalue weighted by Crippen LogP contribution is -2.19. The minimum atomic E-state index is -0.930. The molecule has 1 heterocycles. The number of aliphatic carboxylic acids is 1. The summed E-state index contributed by atoms with van der Waals surface area (Å²) in [5.41, 5.74) is 5.32. The smallest absolute Gasteiger partial charge is 0.328 e. The van der Waals surface area contributed by atoms with Gasteiger partial charge in [0.1, 0.15) is 11.8 Å². The molecule has 1 atom stereocenters. The number of allylic oxidation sites excluding steroid dienone is 1. The Morgan fingerprint density at radius 1 is 1.58 bits per heavy atom. The Morgan fingerprint density at radius 3 is 2.84 bits per heavy atom. The van der Waals surface area contributed by atoms with Gasteiger partial charge >= 0.3 is 5.97 Å². The fourth-order valence-electron chi connectivity index (χ4n) is 1.25. The van der Waals surface area contributed by atoms with Crippen LogP contribution in [0.5, 0.6) is 0 Å². The van der Waals surface area contributed by atoms with E-state index < -0.39 is 12.0 Å². The van der Waals surface area contributed by atoms with Crippen molar-refractivity contribution in [2.45, 2.75) is 32.7 Å². The third-order valence-electron chi connectivity index (χ3n) is 2.12. The van der Waals surface area contributed by atoms with E-state index in [0.29, 0.717) is 25.1 Å². The number of carboxylic acids is 1. The average Bonchev–Trinajstić information content (AvgIpc) is 2.93. The van der Waals surface area contributed by atoms with Crippen molar-refractivity contribution >= 4 is 18.3 Å². The predicted octanol–water partition coefficient (Wildman–Crippen LogP) is 2.58. The van der Waals surface area contributed by atoms with Gasteiger partial charge in [-0.05, 0) is 43.7 Å². The molecule has 1 rings (SSSR count). The van der Waals surface area contributed by atoms with Crippen LogP contribution in [-0.2, 0) is 4.79 Å². The molecule has 0 aliphatic carbocycles. The maximum Gasteiger partial charge on any atom is 0.328 e. The van der Waals surface area contributed by atoms with Gasteiger partial charge in [0.05, 0.1) is 6.26 Å². The zero-order chi connectivity index (χ0) is 14.5. The molecule has 1 unspecified atom stereocenters. The number of furan rings is 1. The molecule has 0 saturated carbocycles. The Morgan fingerprint density at radius 2 is 2.32 bits per heavy atom. The van der Waals surface area contributed by atoms with Crippen molar-refractivity contribution in [3.63, 3.8) is 0 Å². The van der Waals surface area contributed by atoms with Gasteiger partial charge in [0.25, 0.3) is 0 Å². The standard InChI is InChI=1S/C12H16N2O3.C2H6/c13-7-1-6-11(12(15)16)14-8-2-4-10-5-3-9-17-10;1-2/h2-5,8-9,11H,1,6-7,13H2,(H,15,16);1-2H3/b4-2+,14-8?;. The van der Waals surface area contributed by atoms with Crippen LogP contribution in [0.3, 0.4) is 0 Å². The second-order valence-corrected chi connectivity index (χ2v) is 3.46. The van der Waals surface area contributed by atoms with Crippen LogP contribution in [0.1, 0.15) is 32.4 Å². The van der Waals surface area contributed by atoms with Gasteiger partial charge in [-0.15, -0.1) is 0 Å². The first kappa shape index (κ1) is 17.1. The summed E-state index contributed by atoms with van der Waals surface area (Å²) < 4.78 is 5.07. The first-order valence-corrected chi connectivity index (χ1v) is 6.40. The van der Waals surface area contributed by atoms with Crippen LogP contribution in [0.4, 0.5) is 0 Å². The third-order valence-corrected chi connectivity index (χ3v) is 2.12. The molecular weight excluding hydrogens is 244 g/mol. The van der Waals surface area contributed by atoms with E-state index in [1.165, 1.54) is 6.21 Å². The van der Waals surface area contributed by atoms with E-state index in [1.807, 2.05) is 13.8 Å². The fourth-order valence-corrected chi connectivity index (χ4v) is 1.25. The second kappa shape index (κ2) is 11.2. The monoisotopic (exact) mass is 266 g/mol. The number of aliphatic imine (C=N–C) groups is 1. The van der Waals surface area contributed by atoms with E-state index in [-0.39, 0.29) is 0 Å². The lowest BCUT2D eigenvalue weighted by Gasteiger charge is -2.04. The number of hydrogen-bond acceptors (Lipinski definition) is 4. The van der Waals surface area contributed by atoms with Gasteiger partial charge < -0.3 is 15.3 Å². The van der Waals surface area contributed by atoms with E-state index in [0.717, 1.165) is 0 Å². The highest BCUT2D eigenvalue weighted by Crippen LogP contribution is 2.03. The summed E-state index contributed by atoms with van der Waals surface area (Å²) in [6.45, 7) is 4.47. The van der Waals surface area contributed by atoms with Crippen LogP contribution in [-0.4, -0.2) is 29.9 Å². The summed E-state index contributed by atoms with van der Waals surface area (Å²) in [5.74, 6) is -0.230. The molecule has 0 aliphatic rings. The Kier molecular flexibility index (Phi) is 10.1. The van der Waals surface area contributed by atoms with Gasteiger partial charge in [0.2, 0.25) is 0 Å². The Balaban J connectivity index is 0.00000154. The van der Waals surface area contributed by atoms with E-state index >= 15 is 0 Å². The molecule has 5 nitrogen and oxygen atoms in total. The molecule has 0 aromatic carbocycles. The third kappa shape index (κ3) is 7.94. The zero-order valence-corrected chi connectivity index (χ0v) is 11.5. The molecule has 5 heteroatoms. The molecule has 3 N–H and O–H groups in total. The van der Waals surface area contributed by atoms with Gasteiger partial charge in [-0.25, -0.2) is 4.79 Å². The van der Waals surface area contributed by atoms with Crippen LogP contribution in [0, 0.1) is 0 Å². The summed E-state index contributed by atoms with van der Waals surface area (Å²) in [6, 6.07) is 2.85. The maximum atomic E-state index is 10.8. The van der Waals surface area contributed by atoms with Crippen molar-refractivity contribution in [1.29, 1.82) is 0 Å². The van der Waals surface area contributed by atoms with Crippen molar-refractivity contribution in [1.82, 2.24) is 0 Å². The molecule has 0 bridgehead atoms. The minimum absolute atomic E-state index is 0.455. The van der Waals surface area contributed by atoms with Gasteiger partial charge in [-0.2, -0.15) is 0 Å². The average molecular weight is 266 g/mol. The minimum Gasteiger partial charge on any atom is -0.480 e. The molecule has 0 saturated heterocycles. The summed E-state index contributed by atoms with van der Waals surface area (Å²) in [4.78, 5) is 14.8. The quantitative estimate of drug-likeness (QED) is 0.742. The Hall–Kier alpha value is -1.88. The largest absolute Gasteiger partial charge is 0.480 e. The number of carbonyl (C=O) groups is 1. The lowest BCUT2D eigenvalue weighted by molar-refractivity contribution is -0.138. The summed E-state index contributed by atoms with van der Waals surface area (Å²) in [5, 5.41) is 8.89. The molecule has 0 aliphatic heterocycles. The lowest BCUT2D eigenvalue weighted by atomic mass is 10.1. The van der Waals surface area contributed by atoms with Crippen molar-refractivity contribution in [2.75, 3.05) is 6.54 Å². The van der Waals surface area contributed by atoms with Gasteiger partial charge in [-0.3, -0.25) is 4.99 Å². The number of nitrogens with two attached hydrogens (primary N) is 1. The zero-order valence-electron chi connectivity index (χ0n) is 11.5. The molecule has 106 valence electrons. The normalized spacial score (nSPS) is 12.4. The maximum absolute atomic E-state index is 10.8. The molecule has 0 fully saturated rings. The van der Waals surface area contributed by atoms with Crippen molar-refractivity contribution in [2.24, 2.45) is 10.7 Å². The molecule has 1 aromatic rings. The van der Waals surface area contributed by atoms with E-state index in [4.69, 9.17) is 15.3 Å². The van der Waals surface area contributed by atoms with Crippen molar-refractivity contribution in [3.05, 3.63) is 30.2 Å². The van der Waals surface area contributed by atoms with Gasteiger partial charge in [-0.1, -0.05) is 13.8 Å². The molecular formula is C14H22N2O3. The van der Waals surface area contributed by atoms with E-state index in [2.05, 4.69) is 4.99 Å². The first-order chi connectivity index (χ1) is 9.24. The van der Waals surface area contributed by atoms with Crippen LogP contribution in [0.15, 0.2) is 33.9 Å². The highest BCUT2D eigenvalue weighted by atomic mass is 16.4. The van der Waals surface area contributed by atoms with Crippen molar-refractivity contribution < 1.29 is 14.3 Å². The predicted molar refractivity (Wildman–Crippen MR) is 77.3 cm³/mol. The summed E-state index contributed by atoms with van der Waals surface area (Å²) in [6.07, 6.45) is 7.51. The highest BCUT2D eigenvalue weighted by Gasteiger charge is 2.13. The van der Waals surface area contributed by atoms with Crippen molar-refractivity contribution in [3.8, 4) is 0 Å². The first-order valence-electron chi connectivity index (χ1n) is 6.40. The van der Waals surface area contributed by atoms with Gasteiger partial charge in [0.15, 0.2) is 0 Å². The second-order valence-electron chi connectivity index (χ2n) is 3.46. The number of nitrogens with zero attached hydrogens (tertiary/aromatic N) is 1. The Labute approximate surface area is 113 Å². The SMILES string of the molecule is CC.NCCCC(N=C/C=C/c1ccco1)C(=O)O. The number of hydrogen-bond donors (Lipinski definition) is 2. The molecule has 1 aromatic heterocycles. The van der Waals surface area contributed by atoms with Crippen LogP contribution >= 0.6 is 0 Å². The number of rotatable bonds is 7.